The predicted octanol–water partition coefficient (Wildman–Crippen LogP) is 6.50. The van der Waals surface area contributed by atoms with Crippen LogP contribution in [0.5, 0.6) is 0 Å². The molecule has 0 aromatic rings. The molecule has 1 saturated heterocycles. The molecule has 4 aliphatic rings. The summed E-state index contributed by atoms with van der Waals surface area (Å²) >= 11 is 6.49. The van der Waals surface area contributed by atoms with Gasteiger partial charge in [-0.25, -0.2) is 0 Å². The third kappa shape index (κ3) is 24.1. The Kier molecular flexibility index (Phi) is 31.7. The van der Waals surface area contributed by atoms with Crippen LogP contribution in [0, 0.1) is 41.4 Å². The smallest absolute Gasteiger partial charge is 0.351 e. The fourth-order valence-corrected chi connectivity index (χ4v) is 13.8. The summed E-state index contributed by atoms with van der Waals surface area (Å²) in [6, 6.07) is -8.94. The maximum absolute atomic E-state index is 15.3. The fraction of sp³-hybridized carbons (Fsp3) is 0.836. The summed E-state index contributed by atoms with van der Waals surface area (Å²) in [6.45, 7) is 12.6. The molecule has 0 unspecified atom stereocenters. The average Bonchev–Trinajstić information content (AvgIpc) is 0.933. The highest BCUT2D eigenvalue weighted by Gasteiger charge is 2.44. The lowest BCUT2D eigenvalue weighted by Gasteiger charge is -2.38. The van der Waals surface area contributed by atoms with E-state index in [1.807, 2.05) is 34.6 Å². The number of hydrogen-bond donors (Lipinski definition) is 4. The first-order valence-corrected chi connectivity index (χ1v) is 34.6. The molecule has 530 valence electrons. The zero-order valence-electron chi connectivity index (χ0n) is 58.3. The molecule has 26 heteroatoms. The molecular formula is C67H113ClF3N11O11. The summed E-state index contributed by atoms with van der Waals surface area (Å²) in [5, 5.41) is 11.3. The van der Waals surface area contributed by atoms with Gasteiger partial charge in [0.05, 0.1) is 25.6 Å². The number of carbonyl (C=O) groups excluding carboxylic acids is 11. The minimum atomic E-state index is -4.35. The summed E-state index contributed by atoms with van der Waals surface area (Å²) in [4.78, 5) is 168. The molecule has 4 fully saturated rings. The van der Waals surface area contributed by atoms with E-state index in [2.05, 4.69) is 21.3 Å². The number of alkyl halides is 4. The highest BCUT2D eigenvalue weighted by molar-refractivity contribution is 6.20. The van der Waals surface area contributed by atoms with E-state index in [-0.39, 0.29) is 106 Å². The van der Waals surface area contributed by atoms with E-state index in [9.17, 15) is 56.3 Å². The van der Waals surface area contributed by atoms with Gasteiger partial charge in [-0.1, -0.05) is 80.1 Å². The van der Waals surface area contributed by atoms with Crippen LogP contribution in [0.1, 0.15) is 190 Å². The number of carbonyl (C=O) groups is 11. The second-order valence-corrected chi connectivity index (χ2v) is 29.2. The maximum atomic E-state index is 15.3. The van der Waals surface area contributed by atoms with E-state index < -0.39 is 151 Å². The second kappa shape index (κ2) is 36.9. The van der Waals surface area contributed by atoms with Gasteiger partial charge in [-0.05, 0) is 139 Å². The lowest BCUT2D eigenvalue weighted by molar-refractivity contribution is -0.184. The van der Waals surface area contributed by atoms with Crippen LogP contribution in [0.15, 0.2) is 0 Å². The van der Waals surface area contributed by atoms with Crippen molar-refractivity contribution in [2.75, 3.05) is 69.0 Å². The molecule has 4 rings (SSSR count). The van der Waals surface area contributed by atoms with E-state index in [0.717, 1.165) is 46.8 Å². The summed E-state index contributed by atoms with van der Waals surface area (Å²) in [5.41, 5.74) is 0. The summed E-state index contributed by atoms with van der Waals surface area (Å²) in [7, 11) is 10.0. The largest absolute Gasteiger partial charge is 0.391 e. The van der Waals surface area contributed by atoms with Crippen molar-refractivity contribution >= 4 is 76.6 Å². The van der Waals surface area contributed by atoms with Crippen LogP contribution < -0.4 is 21.3 Å². The first-order chi connectivity index (χ1) is 43.4. The lowest BCUT2D eigenvalue weighted by atomic mass is 9.79. The Morgan fingerprint density at radius 1 is 0.484 bits per heavy atom. The third-order valence-electron chi connectivity index (χ3n) is 20.1. The molecule has 3 aliphatic carbocycles. The standard InChI is InChI=1S/C67H113ClF3N11O11/c1-16-42(6)59-66(93)78(11)38-57(85)76(9)39-58(86)80(13)53(36-47-24-29-49(68)30-25-47)64(91)77(10)37-55(83)73-50(31-26-45-22-27-48(28-23-45)67(69,70)71)61(88)74-51(32-40(2)3)63(90)82(15)54(35-46-20-18-17-19-21-46)65(92)81(14)52(33-41(4)5)62(89)72-43(7)34-56(84)79(12)44(8)60(87)75-59/h40-54,59H,16-39H2,1-15H3,(H,72,89)(H,73,83)(H,74,88)(H,75,87)/t42-,43+,44-,45?,47?,48?,49?,50-,51-,52-,53-,54-,59-/m0/s1. The number of hydrogen-bond acceptors (Lipinski definition) is 11. The Hall–Kier alpha value is -5.75. The van der Waals surface area contributed by atoms with Gasteiger partial charge in [0, 0.05) is 67.2 Å². The molecule has 11 amide bonds. The number of rotatable bonds is 13. The first-order valence-electron chi connectivity index (χ1n) is 34.1. The topological polar surface area (TPSA) is 259 Å². The maximum Gasteiger partial charge on any atom is 0.391 e. The SMILES string of the molecule is CC[C@H](C)[C@@H]1NC(=O)[C@H](C)N(C)C(=O)C[C@@H](C)NC(=O)[C@H](CC(C)C)N(C)C(=O)[C@H](CC2CCCCC2)N(C)C(=O)[C@H](CC(C)C)NC(=O)[C@H](CCC2CCC(C(F)(F)F)CC2)NC(=O)CN(C)C(=O)[C@H](CC2CCC(Cl)CC2)N(C)C(=O)CN(C)C(=O)CN(C)C1=O. The molecule has 0 aromatic heterocycles. The second-order valence-electron chi connectivity index (χ2n) is 28.6. The normalized spacial score (nSPS) is 30.0. The molecule has 0 radical (unpaired) electrons. The Balaban J connectivity index is 1.82. The van der Waals surface area contributed by atoms with Crippen LogP contribution >= 0.6 is 11.6 Å². The molecule has 0 aromatic carbocycles. The number of halogens is 4. The average molecular weight is 1340 g/mol. The van der Waals surface area contributed by atoms with Crippen molar-refractivity contribution in [2.45, 2.75) is 250 Å². The van der Waals surface area contributed by atoms with Crippen LogP contribution in [0.4, 0.5) is 13.2 Å². The van der Waals surface area contributed by atoms with Crippen LogP contribution in [0.2, 0.25) is 0 Å². The minimum absolute atomic E-state index is 0.0290. The number of likely N-dealkylation sites (N-methyl/N-ethyl adjacent to an activating group) is 7. The lowest BCUT2D eigenvalue weighted by Crippen LogP contribution is -2.60. The van der Waals surface area contributed by atoms with Gasteiger partial charge in [0.2, 0.25) is 65.0 Å². The van der Waals surface area contributed by atoms with Gasteiger partial charge in [0.1, 0.15) is 42.3 Å². The van der Waals surface area contributed by atoms with E-state index >= 15 is 9.59 Å². The van der Waals surface area contributed by atoms with Gasteiger partial charge in [-0.2, -0.15) is 13.2 Å². The van der Waals surface area contributed by atoms with Crippen molar-refractivity contribution in [2.24, 2.45) is 41.4 Å². The molecule has 3 saturated carbocycles. The Morgan fingerprint density at radius 2 is 1.01 bits per heavy atom. The molecule has 22 nitrogen and oxygen atoms in total. The molecular weight excluding hydrogens is 1230 g/mol. The van der Waals surface area contributed by atoms with Crippen LogP contribution in [0.25, 0.3) is 0 Å². The van der Waals surface area contributed by atoms with E-state index in [0.29, 0.717) is 32.1 Å². The fourth-order valence-electron chi connectivity index (χ4n) is 13.5. The van der Waals surface area contributed by atoms with E-state index in [1.165, 1.54) is 75.9 Å². The Labute approximate surface area is 556 Å². The van der Waals surface area contributed by atoms with Gasteiger partial charge in [-0.3, -0.25) is 52.7 Å². The highest BCUT2D eigenvalue weighted by Crippen LogP contribution is 2.41. The van der Waals surface area contributed by atoms with Crippen LogP contribution in [0.3, 0.4) is 0 Å². The van der Waals surface area contributed by atoms with Crippen LogP contribution in [-0.2, 0) is 52.7 Å². The number of nitrogens with one attached hydrogen (secondary N) is 4. The van der Waals surface area contributed by atoms with Gasteiger partial charge >= 0.3 is 6.18 Å². The molecule has 9 atom stereocenters. The monoisotopic (exact) mass is 1340 g/mol. The zero-order chi connectivity index (χ0) is 69.9. The molecule has 0 bridgehead atoms. The number of amides is 11. The first kappa shape index (κ1) is 79.7. The number of nitrogens with zero attached hydrogens (tertiary/aromatic N) is 7. The summed E-state index contributed by atoms with van der Waals surface area (Å²) < 4.78 is 41.4. The third-order valence-corrected chi connectivity index (χ3v) is 20.6. The molecule has 93 heavy (non-hydrogen) atoms. The summed E-state index contributed by atoms with van der Waals surface area (Å²) in [6.07, 6.45) is 4.23. The van der Waals surface area contributed by atoms with E-state index in [1.54, 1.807) is 13.8 Å². The molecule has 1 aliphatic heterocycles. The Morgan fingerprint density at radius 3 is 1.57 bits per heavy atom. The van der Waals surface area contributed by atoms with Gasteiger partial charge in [0.25, 0.3) is 0 Å². The zero-order valence-corrected chi connectivity index (χ0v) is 59.1. The van der Waals surface area contributed by atoms with E-state index in [4.69, 9.17) is 11.6 Å². The predicted molar refractivity (Wildman–Crippen MR) is 349 cm³/mol. The highest BCUT2D eigenvalue weighted by atomic mass is 35.5. The van der Waals surface area contributed by atoms with Gasteiger partial charge < -0.3 is 55.6 Å². The van der Waals surface area contributed by atoms with Crippen LogP contribution in [-0.4, -0.2) is 228 Å². The van der Waals surface area contributed by atoms with Crippen molar-refractivity contribution in [3.63, 3.8) is 0 Å². The van der Waals surface area contributed by atoms with Gasteiger partial charge in [-0.15, -0.1) is 11.6 Å². The van der Waals surface area contributed by atoms with Crippen molar-refractivity contribution in [1.82, 2.24) is 55.6 Å². The summed E-state index contributed by atoms with van der Waals surface area (Å²) in [5.74, 6) is -9.27. The molecule has 1 heterocycles. The molecule has 4 N–H and O–H groups in total. The van der Waals surface area contributed by atoms with Crippen molar-refractivity contribution in [1.29, 1.82) is 0 Å². The van der Waals surface area contributed by atoms with Crippen molar-refractivity contribution in [3.8, 4) is 0 Å². The van der Waals surface area contributed by atoms with Gasteiger partial charge in [0.15, 0.2) is 0 Å². The quantitative estimate of drug-likeness (QED) is 0.145. The van der Waals surface area contributed by atoms with Crippen molar-refractivity contribution < 1.29 is 65.9 Å². The molecule has 0 spiro atoms. The minimum Gasteiger partial charge on any atom is -0.351 e. The van der Waals surface area contributed by atoms with Crippen molar-refractivity contribution in [3.05, 3.63) is 0 Å². The Bertz CT molecular complexity index is 2540.